The van der Waals surface area contributed by atoms with Crippen LogP contribution < -0.4 is 10.2 Å². The summed E-state index contributed by atoms with van der Waals surface area (Å²) in [5.74, 6) is 0.536. The van der Waals surface area contributed by atoms with Gasteiger partial charge in [0.25, 0.3) is 0 Å². The van der Waals surface area contributed by atoms with E-state index in [1.165, 1.54) is 7.11 Å². The zero-order valence-electron chi connectivity index (χ0n) is 14.2. The molecule has 3 rings (SSSR count). The third kappa shape index (κ3) is 4.37. The molecule has 2 atom stereocenters. The van der Waals surface area contributed by atoms with E-state index < -0.39 is 22.0 Å². The number of aromatic nitrogens is 2. The lowest BCUT2D eigenvalue weighted by Crippen LogP contribution is -2.50. The number of hydrogen-bond acceptors (Lipinski definition) is 7. The lowest BCUT2D eigenvalue weighted by Gasteiger charge is -2.25. The summed E-state index contributed by atoms with van der Waals surface area (Å²) in [6.45, 7) is 2.54. The smallest absolute Gasteiger partial charge is 0.317 e. The van der Waals surface area contributed by atoms with Gasteiger partial charge in [0.05, 0.1) is 23.7 Å². The molecule has 0 saturated carbocycles. The van der Waals surface area contributed by atoms with Crippen LogP contribution in [0, 0.1) is 0 Å². The van der Waals surface area contributed by atoms with Gasteiger partial charge in [0.1, 0.15) is 0 Å². The highest BCUT2D eigenvalue weighted by Gasteiger charge is 2.39. The van der Waals surface area contributed by atoms with E-state index in [4.69, 9.17) is 4.74 Å². The highest BCUT2D eigenvalue weighted by atomic mass is 32.2. The molecule has 2 aliphatic heterocycles. The van der Waals surface area contributed by atoms with Gasteiger partial charge in [-0.15, -0.1) is 0 Å². The molecule has 1 aromatic heterocycles. The van der Waals surface area contributed by atoms with Crippen molar-refractivity contribution in [3.8, 4) is 0 Å². The first kappa shape index (κ1) is 17.9. The van der Waals surface area contributed by atoms with Crippen molar-refractivity contribution in [2.75, 3.05) is 49.7 Å². The minimum atomic E-state index is -3.17. The molecule has 0 radical (unpaired) electrons. The number of anilines is 1. The minimum Gasteiger partial charge on any atom is -0.378 e. The van der Waals surface area contributed by atoms with Gasteiger partial charge < -0.3 is 19.9 Å². The molecule has 0 aliphatic carbocycles. The van der Waals surface area contributed by atoms with Crippen molar-refractivity contribution >= 4 is 21.8 Å². The summed E-state index contributed by atoms with van der Waals surface area (Å²) in [6, 6.07) is 1.02. The average molecular weight is 369 g/mol. The Kier molecular flexibility index (Phi) is 5.38. The molecule has 0 spiro atoms. The van der Waals surface area contributed by atoms with Crippen molar-refractivity contribution < 1.29 is 17.9 Å². The first-order valence-corrected chi connectivity index (χ1v) is 10.1. The second-order valence-corrected chi connectivity index (χ2v) is 8.44. The number of methoxy groups -OCH3 is 1. The molecule has 10 heteroatoms. The van der Waals surface area contributed by atoms with E-state index in [0.29, 0.717) is 25.6 Å². The molecular formula is C15H23N5O4S. The highest BCUT2D eigenvalue weighted by Crippen LogP contribution is 2.16. The summed E-state index contributed by atoms with van der Waals surface area (Å²) in [5.41, 5.74) is 0. The molecule has 1 aromatic rings. The normalized spacial score (nSPS) is 26.3. The summed E-state index contributed by atoms with van der Waals surface area (Å²) < 4.78 is 28.7. The molecule has 25 heavy (non-hydrogen) atoms. The molecule has 2 fully saturated rings. The van der Waals surface area contributed by atoms with Gasteiger partial charge in [0, 0.05) is 45.7 Å². The van der Waals surface area contributed by atoms with Crippen LogP contribution in [0.15, 0.2) is 18.5 Å². The Labute approximate surface area is 147 Å². The SMILES string of the molecule is CO[C@@H]1CS(=O)(=O)C[C@H]1NC(=O)N1CCCN(c2ncccn2)CC1. The third-order valence-corrected chi connectivity index (χ3v) is 6.23. The van der Waals surface area contributed by atoms with Gasteiger partial charge in [-0.1, -0.05) is 0 Å². The van der Waals surface area contributed by atoms with Gasteiger partial charge in [-0.25, -0.2) is 23.2 Å². The molecule has 0 unspecified atom stereocenters. The third-order valence-electron chi connectivity index (χ3n) is 4.53. The zero-order valence-corrected chi connectivity index (χ0v) is 15.0. The van der Waals surface area contributed by atoms with Gasteiger partial charge in [-0.3, -0.25) is 0 Å². The Morgan fingerprint density at radius 1 is 1.20 bits per heavy atom. The van der Waals surface area contributed by atoms with Gasteiger partial charge in [0.2, 0.25) is 5.95 Å². The van der Waals surface area contributed by atoms with Gasteiger partial charge in [-0.05, 0) is 12.5 Å². The molecule has 0 aromatic carbocycles. The van der Waals surface area contributed by atoms with E-state index in [1.807, 2.05) is 4.90 Å². The zero-order chi connectivity index (χ0) is 17.9. The number of hydrogen-bond donors (Lipinski definition) is 1. The Bertz CT molecular complexity index is 699. The van der Waals surface area contributed by atoms with Crippen molar-refractivity contribution in [2.45, 2.75) is 18.6 Å². The number of nitrogens with one attached hydrogen (secondary N) is 1. The summed E-state index contributed by atoms with van der Waals surface area (Å²) in [5, 5.41) is 2.82. The average Bonchev–Trinajstić information content (AvgIpc) is 2.78. The number of nitrogens with zero attached hydrogens (tertiary/aromatic N) is 4. The van der Waals surface area contributed by atoms with Crippen molar-refractivity contribution in [2.24, 2.45) is 0 Å². The second kappa shape index (κ2) is 7.52. The molecule has 1 N–H and O–H groups in total. The highest BCUT2D eigenvalue weighted by molar-refractivity contribution is 7.91. The minimum absolute atomic E-state index is 0.0480. The fraction of sp³-hybridized carbons (Fsp3) is 0.667. The van der Waals surface area contributed by atoms with Crippen LogP contribution in [-0.2, 0) is 14.6 Å². The van der Waals surface area contributed by atoms with E-state index in [9.17, 15) is 13.2 Å². The van der Waals surface area contributed by atoms with Crippen LogP contribution in [0.4, 0.5) is 10.7 Å². The molecule has 2 amide bonds. The molecule has 3 heterocycles. The van der Waals surface area contributed by atoms with Crippen LogP contribution in [0.2, 0.25) is 0 Å². The largest absolute Gasteiger partial charge is 0.378 e. The lowest BCUT2D eigenvalue weighted by atomic mass is 10.2. The number of amides is 2. The van der Waals surface area contributed by atoms with Crippen LogP contribution in [0.1, 0.15) is 6.42 Å². The number of urea groups is 1. The standard InChI is InChI=1S/C15H23N5O4S/c1-24-13-11-25(22,23)10-12(13)18-15(21)20-7-3-6-19(8-9-20)14-16-4-2-5-17-14/h2,4-5,12-13H,3,6-11H2,1H3,(H,18,21)/t12-,13-/m1/s1. The second-order valence-electron chi connectivity index (χ2n) is 6.28. The van der Waals surface area contributed by atoms with E-state index >= 15 is 0 Å². The maximum atomic E-state index is 12.5. The van der Waals surface area contributed by atoms with E-state index in [0.717, 1.165) is 13.0 Å². The number of rotatable bonds is 3. The van der Waals surface area contributed by atoms with E-state index in [2.05, 4.69) is 15.3 Å². The van der Waals surface area contributed by atoms with E-state index in [-0.39, 0.29) is 17.5 Å². The van der Waals surface area contributed by atoms with Crippen LogP contribution in [0.5, 0.6) is 0 Å². The van der Waals surface area contributed by atoms with E-state index in [1.54, 1.807) is 23.4 Å². The molecule has 2 aliphatic rings. The summed E-state index contributed by atoms with van der Waals surface area (Å²) in [7, 11) is -1.70. The maximum Gasteiger partial charge on any atom is 0.317 e. The Hall–Kier alpha value is -1.94. The van der Waals surface area contributed by atoms with Crippen LogP contribution in [0.25, 0.3) is 0 Å². The fourth-order valence-corrected chi connectivity index (χ4v) is 5.06. The van der Waals surface area contributed by atoms with Crippen molar-refractivity contribution in [1.29, 1.82) is 0 Å². The molecule has 0 bridgehead atoms. The summed E-state index contributed by atoms with van der Waals surface area (Å²) in [6.07, 6.45) is 3.70. The van der Waals surface area contributed by atoms with Gasteiger partial charge >= 0.3 is 6.03 Å². The predicted octanol–water partition coefficient (Wildman–Crippen LogP) is -0.490. The molecular weight excluding hydrogens is 346 g/mol. The first-order valence-electron chi connectivity index (χ1n) is 8.29. The number of sulfone groups is 1. The van der Waals surface area contributed by atoms with Crippen LogP contribution in [-0.4, -0.2) is 86.3 Å². The Morgan fingerprint density at radius 2 is 1.96 bits per heavy atom. The van der Waals surface area contributed by atoms with Crippen molar-refractivity contribution in [3.05, 3.63) is 18.5 Å². The maximum absolute atomic E-state index is 12.5. The van der Waals surface area contributed by atoms with Crippen LogP contribution >= 0.6 is 0 Å². The van der Waals surface area contributed by atoms with Gasteiger partial charge in [-0.2, -0.15) is 0 Å². The molecule has 2 saturated heterocycles. The molecule has 138 valence electrons. The fourth-order valence-electron chi connectivity index (χ4n) is 3.21. The molecule has 9 nitrogen and oxygen atoms in total. The summed E-state index contributed by atoms with van der Waals surface area (Å²) in [4.78, 5) is 24.8. The number of carbonyl (C=O) groups excluding carboxylic acids is 1. The van der Waals surface area contributed by atoms with Crippen LogP contribution in [0.3, 0.4) is 0 Å². The number of ether oxygens (including phenoxy) is 1. The topological polar surface area (TPSA) is 105 Å². The number of carbonyl (C=O) groups is 1. The Balaban J connectivity index is 1.58. The quantitative estimate of drug-likeness (QED) is 0.766. The summed E-state index contributed by atoms with van der Waals surface area (Å²) >= 11 is 0. The first-order chi connectivity index (χ1) is 12.0. The Morgan fingerprint density at radius 3 is 2.68 bits per heavy atom. The van der Waals surface area contributed by atoms with Gasteiger partial charge in [0.15, 0.2) is 9.84 Å². The monoisotopic (exact) mass is 369 g/mol. The van der Waals surface area contributed by atoms with Crippen molar-refractivity contribution in [3.63, 3.8) is 0 Å². The lowest BCUT2D eigenvalue weighted by molar-refractivity contribution is 0.0980. The predicted molar refractivity (Wildman–Crippen MR) is 92.2 cm³/mol. The van der Waals surface area contributed by atoms with Crippen molar-refractivity contribution in [1.82, 2.24) is 20.2 Å².